The van der Waals surface area contributed by atoms with Crippen molar-refractivity contribution in [3.63, 3.8) is 0 Å². The Labute approximate surface area is 125 Å². The van der Waals surface area contributed by atoms with Gasteiger partial charge in [-0.15, -0.1) is 16.4 Å². The predicted octanol–water partition coefficient (Wildman–Crippen LogP) is 1.44. The standard InChI is InChI=1S/C13H14N6OS/c1-9(20)19(11-5-3-2-4-6-11)13-17-10(8-21-13)7-16-18-12(14)15/h2-8H,1H3,(H4,14,15,18)/b16-7-. The molecule has 0 saturated carbocycles. The van der Waals surface area contributed by atoms with Gasteiger partial charge >= 0.3 is 0 Å². The normalized spacial score (nSPS) is 10.5. The van der Waals surface area contributed by atoms with Crippen molar-refractivity contribution >= 4 is 40.2 Å². The Balaban J connectivity index is 2.27. The van der Waals surface area contributed by atoms with Crippen molar-refractivity contribution in [3.8, 4) is 0 Å². The van der Waals surface area contributed by atoms with E-state index < -0.39 is 0 Å². The number of aromatic nitrogens is 1. The molecule has 21 heavy (non-hydrogen) atoms. The van der Waals surface area contributed by atoms with Crippen LogP contribution in [0.3, 0.4) is 0 Å². The Morgan fingerprint density at radius 1 is 1.33 bits per heavy atom. The number of hydrogen-bond acceptors (Lipinski definition) is 5. The van der Waals surface area contributed by atoms with E-state index in [1.54, 1.807) is 5.38 Å². The van der Waals surface area contributed by atoms with Crippen LogP contribution in [0.15, 0.2) is 45.9 Å². The molecule has 1 aromatic carbocycles. The van der Waals surface area contributed by atoms with Crippen LogP contribution >= 0.6 is 11.3 Å². The van der Waals surface area contributed by atoms with Crippen LogP contribution in [-0.2, 0) is 4.79 Å². The molecule has 0 saturated heterocycles. The summed E-state index contributed by atoms with van der Waals surface area (Å²) in [6.45, 7) is 1.49. The highest BCUT2D eigenvalue weighted by Gasteiger charge is 2.17. The van der Waals surface area contributed by atoms with E-state index >= 15 is 0 Å². The highest BCUT2D eigenvalue weighted by atomic mass is 32.1. The van der Waals surface area contributed by atoms with E-state index in [4.69, 9.17) is 11.5 Å². The summed E-state index contributed by atoms with van der Waals surface area (Å²) in [5.74, 6) is -0.250. The number of benzene rings is 1. The summed E-state index contributed by atoms with van der Waals surface area (Å²) in [6, 6.07) is 9.29. The van der Waals surface area contributed by atoms with Crippen molar-refractivity contribution in [2.75, 3.05) is 4.90 Å². The summed E-state index contributed by atoms with van der Waals surface area (Å²) in [5, 5.41) is 9.50. The molecule has 0 aliphatic rings. The number of guanidine groups is 1. The lowest BCUT2D eigenvalue weighted by Gasteiger charge is -2.17. The van der Waals surface area contributed by atoms with Crippen LogP contribution < -0.4 is 16.4 Å². The number of para-hydroxylation sites is 1. The van der Waals surface area contributed by atoms with Crippen molar-refractivity contribution < 1.29 is 4.79 Å². The van der Waals surface area contributed by atoms with Gasteiger partial charge in [0.1, 0.15) is 0 Å². The van der Waals surface area contributed by atoms with Gasteiger partial charge in [0.2, 0.25) is 11.9 Å². The number of amides is 1. The number of hydrogen-bond donors (Lipinski definition) is 2. The molecular formula is C13H14N6OS. The van der Waals surface area contributed by atoms with Gasteiger partial charge in [0.15, 0.2) is 5.13 Å². The zero-order valence-electron chi connectivity index (χ0n) is 11.3. The van der Waals surface area contributed by atoms with Crippen LogP contribution in [0, 0.1) is 0 Å². The van der Waals surface area contributed by atoms with Gasteiger partial charge in [-0.25, -0.2) is 4.98 Å². The average Bonchev–Trinajstić information content (AvgIpc) is 2.88. The largest absolute Gasteiger partial charge is 0.369 e. The number of anilines is 2. The van der Waals surface area contributed by atoms with Gasteiger partial charge in [0, 0.05) is 12.3 Å². The molecule has 0 radical (unpaired) electrons. The number of nitrogens with zero attached hydrogens (tertiary/aromatic N) is 4. The summed E-state index contributed by atoms with van der Waals surface area (Å²) in [6.07, 6.45) is 1.42. The summed E-state index contributed by atoms with van der Waals surface area (Å²) in [7, 11) is 0. The minimum absolute atomic E-state index is 0.122. The van der Waals surface area contributed by atoms with Crippen molar-refractivity contribution in [3.05, 3.63) is 41.4 Å². The van der Waals surface area contributed by atoms with Gasteiger partial charge in [-0.05, 0) is 12.1 Å². The first-order valence-electron chi connectivity index (χ1n) is 6.01. The molecule has 7 nitrogen and oxygen atoms in total. The van der Waals surface area contributed by atoms with E-state index in [-0.39, 0.29) is 11.9 Å². The molecule has 0 unspecified atom stereocenters. The maximum Gasteiger partial charge on any atom is 0.230 e. The SMILES string of the molecule is CC(=O)N(c1ccccc1)c1nc(/C=N\N=C(N)N)cs1. The maximum absolute atomic E-state index is 11.9. The summed E-state index contributed by atoms with van der Waals surface area (Å²) >= 11 is 1.33. The number of thiazole rings is 1. The molecule has 0 aliphatic heterocycles. The Morgan fingerprint density at radius 3 is 2.67 bits per heavy atom. The number of carbonyl (C=O) groups is 1. The second-order valence-corrected chi connectivity index (χ2v) is 4.85. The lowest BCUT2D eigenvalue weighted by Crippen LogP contribution is -2.22. The van der Waals surface area contributed by atoms with Crippen molar-refractivity contribution in [1.29, 1.82) is 0 Å². The van der Waals surface area contributed by atoms with Crippen molar-refractivity contribution in [2.45, 2.75) is 6.92 Å². The van der Waals surface area contributed by atoms with Crippen LogP contribution in [0.5, 0.6) is 0 Å². The fraction of sp³-hybridized carbons (Fsp3) is 0.0769. The van der Waals surface area contributed by atoms with Crippen molar-refractivity contribution in [2.24, 2.45) is 21.7 Å². The zero-order valence-corrected chi connectivity index (χ0v) is 12.1. The van der Waals surface area contributed by atoms with Gasteiger partial charge in [-0.3, -0.25) is 9.69 Å². The van der Waals surface area contributed by atoms with Gasteiger partial charge in [-0.1, -0.05) is 18.2 Å². The van der Waals surface area contributed by atoms with E-state index in [9.17, 15) is 4.79 Å². The predicted molar refractivity (Wildman–Crippen MR) is 84.8 cm³/mol. The first kappa shape index (κ1) is 14.7. The molecule has 8 heteroatoms. The molecule has 1 amide bonds. The van der Waals surface area contributed by atoms with E-state index in [2.05, 4.69) is 15.2 Å². The smallest absolute Gasteiger partial charge is 0.230 e. The third kappa shape index (κ3) is 3.86. The van der Waals surface area contributed by atoms with E-state index in [1.165, 1.54) is 29.4 Å². The fourth-order valence-electron chi connectivity index (χ4n) is 1.60. The number of nitrogens with two attached hydrogens (primary N) is 2. The topological polar surface area (TPSA) is 110 Å². The van der Waals surface area contributed by atoms with Crippen LogP contribution in [-0.4, -0.2) is 23.1 Å². The summed E-state index contributed by atoms with van der Waals surface area (Å²) < 4.78 is 0. The summed E-state index contributed by atoms with van der Waals surface area (Å²) in [4.78, 5) is 17.7. The molecular weight excluding hydrogens is 288 g/mol. The molecule has 0 spiro atoms. The Bertz CT molecular complexity index is 675. The quantitative estimate of drug-likeness (QED) is 0.505. The Kier molecular flexibility index (Phi) is 4.62. The molecule has 0 bridgehead atoms. The highest BCUT2D eigenvalue weighted by molar-refractivity contribution is 7.14. The summed E-state index contributed by atoms with van der Waals surface area (Å²) in [5.41, 5.74) is 11.7. The van der Waals surface area contributed by atoms with E-state index in [0.717, 1.165) is 5.69 Å². The van der Waals surface area contributed by atoms with E-state index in [0.29, 0.717) is 10.8 Å². The van der Waals surface area contributed by atoms with Crippen molar-refractivity contribution in [1.82, 2.24) is 4.98 Å². The van der Waals surface area contributed by atoms with Gasteiger partial charge in [0.25, 0.3) is 0 Å². The third-order valence-corrected chi connectivity index (χ3v) is 3.24. The molecule has 2 aromatic rings. The van der Waals surface area contributed by atoms with E-state index in [1.807, 2.05) is 30.3 Å². The van der Waals surface area contributed by atoms with Gasteiger partial charge in [0.05, 0.1) is 17.6 Å². The molecule has 1 heterocycles. The molecule has 0 fully saturated rings. The minimum atomic E-state index is -0.128. The van der Waals surface area contributed by atoms with Crippen LogP contribution in [0.1, 0.15) is 12.6 Å². The minimum Gasteiger partial charge on any atom is -0.369 e. The lowest BCUT2D eigenvalue weighted by molar-refractivity contribution is -0.115. The second kappa shape index (κ2) is 6.62. The zero-order chi connectivity index (χ0) is 15.2. The number of carbonyl (C=O) groups excluding carboxylic acids is 1. The molecule has 108 valence electrons. The van der Waals surface area contributed by atoms with Crippen LogP contribution in [0.25, 0.3) is 0 Å². The van der Waals surface area contributed by atoms with Crippen LogP contribution in [0.2, 0.25) is 0 Å². The van der Waals surface area contributed by atoms with Gasteiger partial charge < -0.3 is 11.5 Å². The fourth-order valence-corrected chi connectivity index (χ4v) is 2.43. The first-order chi connectivity index (χ1) is 10.1. The monoisotopic (exact) mass is 302 g/mol. The van der Waals surface area contributed by atoms with Crippen LogP contribution in [0.4, 0.5) is 10.8 Å². The Morgan fingerprint density at radius 2 is 2.05 bits per heavy atom. The molecule has 0 atom stereocenters. The first-order valence-corrected chi connectivity index (χ1v) is 6.89. The number of rotatable bonds is 4. The second-order valence-electron chi connectivity index (χ2n) is 4.01. The molecule has 2 rings (SSSR count). The molecule has 1 aromatic heterocycles. The maximum atomic E-state index is 11.9. The van der Waals surface area contributed by atoms with Gasteiger partial charge in [-0.2, -0.15) is 5.10 Å². The highest BCUT2D eigenvalue weighted by Crippen LogP contribution is 2.28. The lowest BCUT2D eigenvalue weighted by atomic mass is 10.3. The third-order valence-electron chi connectivity index (χ3n) is 2.39. The average molecular weight is 302 g/mol. The molecule has 4 N–H and O–H groups in total. The Hall–Kier alpha value is -2.74. The molecule has 0 aliphatic carbocycles.